The molecule has 2 heterocycles. The van der Waals surface area contributed by atoms with Crippen LogP contribution in [0, 0.1) is 6.92 Å². The molecular formula is C21H22BrN3O3S. The number of anilines is 1. The van der Waals surface area contributed by atoms with E-state index in [2.05, 4.69) is 26.2 Å². The summed E-state index contributed by atoms with van der Waals surface area (Å²) in [5, 5.41) is 6.12. The van der Waals surface area contributed by atoms with Crippen molar-refractivity contribution < 1.29 is 14.0 Å². The first-order valence-electron chi connectivity index (χ1n) is 9.27. The molecule has 0 fully saturated rings. The van der Waals surface area contributed by atoms with Crippen molar-refractivity contribution >= 4 is 44.8 Å². The number of unbranched alkanes of at least 4 members (excludes halogenated alkanes) is 1. The fourth-order valence-corrected chi connectivity index (χ4v) is 4.00. The lowest BCUT2D eigenvalue weighted by atomic mass is 10.1. The third kappa shape index (κ3) is 5.55. The van der Waals surface area contributed by atoms with Gasteiger partial charge in [0.05, 0.1) is 16.3 Å². The first-order chi connectivity index (χ1) is 14.0. The second kappa shape index (κ2) is 9.84. The molecule has 0 aliphatic carbocycles. The second-order valence-electron chi connectivity index (χ2n) is 6.58. The highest BCUT2D eigenvalue weighted by Gasteiger charge is 2.21. The van der Waals surface area contributed by atoms with Crippen LogP contribution in [0.4, 0.5) is 5.69 Å². The van der Waals surface area contributed by atoms with Crippen LogP contribution in [0.1, 0.15) is 44.5 Å². The molecule has 2 aromatic heterocycles. The number of nitrogens with one attached hydrogen (secondary N) is 1. The van der Waals surface area contributed by atoms with Crippen LogP contribution in [0.25, 0.3) is 0 Å². The van der Waals surface area contributed by atoms with Gasteiger partial charge in [0.15, 0.2) is 10.4 Å². The van der Waals surface area contributed by atoms with Crippen molar-refractivity contribution in [3.05, 3.63) is 68.5 Å². The van der Waals surface area contributed by atoms with Crippen LogP contribution in [0.15, 0.2) is 50.9 Å². The summed E-state index contributed by atoms with van der Waals surface area (Å²) in [6.45, 7) is 2.56. The summed E-state index contributed by atoms with van der Waals surface area (Å²) in [5.41, 5.74) is 2.03. The Labute approximate surface area is 182 Å². The maximum atomic E-state index is 12.7. The lowest BCUT2D eigenvalue weighted by Gasteiger charge is -2.19. The Balaban J connectivity index is 1.57. The molecule has 6 nitrogen and oxygen atoms in total. The number of benzene rings is 1. The van der Waals surface area contributed by atoms with Crippen LogP contribution >= 0.6 is 27.3 Å². The number of rotatable bonds is 8. The van der Waals surface area contributed by atoms with Crippen LogP contribution in [-0.4, -0.2) is 30.4 Å². The first kappa shape index (κ1) is 21.3. The Hall–Kier alpha value is -2.45. The number of halogens is 1. The molecule has 0 spiro atoms. The second-order valence-corrected chi connectivity index (χ2v) is 8.30. The van der Waals surface area contributed by atoms with Crippen molar-refractivity contribution in [2.24, 2.45) is 0 Å². The topological polar surface area (TPSA) is 75.4 Å². The predicted molar refractivity (Wildman–Crippen MR) is 118 cm³/mol. The summed E-state index contributed by atoms with van der Waals surface area (Å²) in [4.78, 5) is 31.2. The van der Waals surface area contributed by atoms with Gasteiger partial charge < -0.3 is 14.6 Å². The van der Waals surface area contributed by atoms with Crippen molar-refractivity contribution in [3.63, 3.8) is 0 Å². The Morgan fingerprint density at radius 2 is 2.00 bits per heavy atom. The Bertz CT molecular complexity index is 998. The molecule has 29 heavy (non-hydrogen) atoms. The molecule has 3 rings (SSSR count). The number of hydrogen-bond acceptors (Lipinski definition) is 5. The molecule has 0 radical (unpaired) electrons. The summed E-state index contributed by atoms with van der Waals surface area (Å²) in [5.74, 6) is -0.326. The zero-order valence-corrected chi connectivity index (χ0v) is 18.7. The van der Waals surface area contributed by atoms with Gasteiger partial charge in [0, 0.05) is 24.7 Å². The van der Waals surface area contributed by atoms with Crippen molar-refractivity contribution in [1.29, 1.82) is 0 Å². The van der Waals surface area contributed by atoms with E-state index in [1.165, 1.54) is 4.90 Å². The molecule has 0 unspecified atom stereocenters. The quantitative estimate of drug-likeness (QED) is 0.473. The smallest absolute Gasteiger partial charge is 0.293 e. The van der Waals surface area contributed by atoms with Crippen LogP contribution in [0.3, 0.4) is 0 Å². The van der Waals surface area contributed by atoms with Gasteiger partial charge in [-0.1, -0.05) is 12.1 Å². The monoisotopic (exact) mass is 475 g/mol. The zero-order chi connectivity index (χ0) is 20.8. The van der Waals surface area contributed by atoms with E-state index in [-0.39, 0.29) is 17.6 Å². The standard InChI is InChI=1S/C21H22BrN3O3S/c1-14-13-29-19(24-14)9-5-6-12-23-20(26)15-7-3-4-8-16(15)25(2)21(27)17-10-11-18(22)28-17/h3-4,7-8,10-11,13H,5-6,9,12H2,1-2H3,(H,23,26). The number of nitrogens with zero attached hydrogens (tertiary/aromatic N) is 2. The molecule has 0 saturated heterocycles. The van der Waals surface area contributed by atoms with Crippen LogP contribution in [-0.2, 0) is 6.42 Å². The molecule has 1 N–H and O–H groups in total. The van der Waals surface area contributed by atoms with E-state index in [1.807, 2.05) is 12.3 Å². The van der Waals surface area contributed by atoms with Crippen molar-refractivity contribution in [1.82, 2.24) is 10.3 Å². The molecule has 152 valence electrons. The summed E-state index contributed by atoms with van der Waals surface area (Å²) in [7, 11) is 1.63. The van der Waals surface area contributed by atoms with Gasteiger partial charge in [-0.25, -0.2) is 4.98 Å². The summed E-state index contributed by atoms with van der Waals surface area (Å²) >= 11 is 4.87. The minimum absolute atomic E-state index is 0.201. The first-order valence-corrected chi connectivity index (χ1v) is 10.9. The molecule has 8 heteroatoms. The number of carbonyl (C=O) groups excluding carboxylic acids is 2. The van der Waals surface area contributed by atoms with E-state index in [9.17, 15) is 9.59 Å². The highest BCUT2D eigenvalue weighted by Crippen LogP contribution is 2.23. The number of carbonyl (C=O) groups is 2. The molecule has 2 amide bonds. The number of thiazole rings is 1. The van der Waals surface area contributed by atoms with Crippen molar-refractivity contribution in [3.8, 4) is 0 Å². The van der Waals surface area contributed by atoms with Gasteiger partial charge in [0.2, 0.25) is 0 Å². The molecule has 0 aliphatic heterocycles. The minimum Gasteiger partial charge on any atom is -0.444 e. The fraction of sp³-hybridized carbons (Fsp3) is 0.286. The zero-order valence-electron chi connectivity index (χ0n) is 16.3. The summed E-state index contributed by atoms with van der Waals surface area (Å²) in [6, 6.07) is 10.3. The van der Waals surface area contributed by atoms with Gasteiger partial charge in [-0.3, -0.25) is 9.59 Å². The largest absolute Gasteiger partial charge is 0.444 e. The van der Waals surface area contributed by atoms with E-state index in [1.54, 1.807) is 54.8 Å². The number of amides is 2. The third-order valence-corrected chi connectivity index (χ3v) is 5.82. The van der Waals surface area contributed by atoms with Crippen molar-refractivity contribution in [2.75, 3.05) is 18.5 Å². The molecular weight excluding hydrogens is 454 g/mol. The van der Waals surface area contributed by atoms with Gasteiger partial charge in [0.1, 0.15) is 0 Å². The fourth-order valence-electron chi connectivity index (χ4n) is 2.88. The lowest BCUT2D eigenvalue weighted by Crippen LogP contribution is -2.31. The molecule has 0 atom stereocenters. The van der Waals surface area contributed by atoms with E-state index < -0.39 is 0 Å². The predicted octanol–water partition coefficient (Wildman–Crippen LogP) is 4.84. The lowest BCUT2D eigenvalue weighted by molar-refractivity contribution is 0.0953. The Morgan fingerprint density at radius 3 is 2.69 bits per heavy atom. The number of hydrogen-bond donors (Lipinski definition) is 1. The van der Waals surface area contributed by atoms with Crippen LogP contribution in [0.5, 0.6) is 0 Å². The Kier molecular flexibility index (Phi) is 7.22. The van der Waals surface area contributed by atoms with E-state index in [0.29, 0.717) is 22.5 Å². The van der Waals surface area contributed by atoms with Crippen molar-refractivity contribution in [2.45, 2.75) is 26.2 Å². The normalized spacial score (nSPS) is 10.7. The average molecular weight is 476 g/mol. The van der Waals surface area contributed by atoms with E-state index in [0.717, 1.165) is 30.0 Å². The highest BCUT2D eigenvalue weighted by atomic mass is 79.9. The average Bonchev–Trinajstić information content (AvgIpc) is 3.34. The SMILES string of the molecule is Cc1csc(CCCCNC(=O)c2ccccc2N(C)C(=O)c2ccc(Br)o2)n1. The van der Waals surface area contributed by atoms with Crippen LogP contribution in [0.2, 0.25) is 0 Å². The van der Waals surface area contributed by atoms with Gasteiger partial charge in [0.25, 0.3) is 11.8 Å². The molecule has 3 aromatic rings. The minimum atomic E-state index is -0.324. The van der Waals surface area contributed by atoms with Gasteiger partial charge in [-0.2, -0.15) is 0 Å². The maximum Gasteiger partial charge on any atom is 0.293 e. The van der Waals surface area contributed by atoms with Gasteiger partial charge in [-0.15, -0.1) is 11.3 Å². The molecule has 1 aromatic carbocycles. The maximum absolute atomic E-state index is 12.7. The Morgan fingerprint density at radius 1 is 1.21 bits per heavy atom. The number of aromatic nitrogens is 1. The van der Waals surface area contributed by atoms with Gasteiger partial charge >= 0.3 is 0 Å². The summed E-state index contributed by atoms with van der Waals surface area (Å²) < 4.78 is 5.82. The number of aryl methyl sites for hydroxylation is 2. The molecule has 0 saturated carbocycles. The van der Waals surface area contributed by atoms with Crippen LogP contribution < -0.4 is 10.2 Å². The number of furan rings is 1. The highest BCUT2D eigenvalue weighted by molar-refractivity contribution is 9.10. The number of para-hydroxylation sites is 1. The van der Waals surface area contributed by atoms with E-state index >= 15 is 0 Å². The molecule has 0 bridgehead atoms. The molecule has 0 aliphatic rings. The van der Waals surface area contributed by atoms with E-state index in [4.69, 9.17) is 4.42 Å². The third-order valence-electron chi connectivity index (χ3n) is 4.37. The van der Waals surface area contributed by atoms with Gasteiger partial charge in [-0.05, 0) is 66.4 Å². The summed E-state index contributed by atoms with van der Waals surface area (Å²) in [6.07, 6.45) is 2.74.